The highest BCUT2D eigenvalue weighted by molar-refractivity contribution is 6.00. The number of nitrogens with one attached hydrogen (secondary N) is 2. The average molecular weight is 430 g/mol. The first-order valence-electron chi connectivity index (χ1n) is 11.0. The van der Waals surface area contributed by atoms with Crippen molar-refractivity contribution in [1.82, 2.24) is 15.5 Å². The zero-order valence-electron chi connectivity index (χ0n) is 18.3. The fraction of sp³-hybridized carbons (Fsp3) is 0.565. The molecular weight excluding hydrogens is 398 g/mol. The molecule has 168 valence electrons. The van der Waals surface area contributed by atoms with Crippen molar-refractivity contribution in [2.75, 3.05) is 20.8 Å². The number of rotatable bonds is 6. The van der Waals surface area contributed by atoms with E-state index < -0.39 is 6.04 Å². The van der Waals surface area contributed by atoms with Gasteiger partial charge in [0.15, 0.2) is 0 Å². The number of carbonyl (C=O) groups is 2. The number of hydrogen-bond donors (Lipinski definition) is 2. The summed E-state index contributed by atoms with van der Waals surface area (Å²) in [5.41, 5.74) is 2.28. The Balaban J connectivity index is 1.86. The zero-order chi connectivity index (χ0) is 22.0. The predicted octanol–water partition coefficient (Wildman–Crippen LogP) is 2.22. The van der Waals surface area contributed by atoms with Crippen LogP contribution in [0.5, 0.6) is 5.75 Å². The van der Waals surface area contributed by atoms with Crippen molar-refractivity contribution >= 4 is 11.8 Å². The van der Waals surface area contributed by atoms with Gasteiger partial charge in [0.05, 0.1) is 44.5 Å². The molecule has 0 radical (unpaired) electrons. The van der Waals surface area contributed by atoms with Gasteiger partial charge in [-0.25, -0.2) is 9.78 Å². The second-order valence-corrected chi connectivity index (χ2v) is 8.30. The summed E-state index contributed by atoms with van der Waals surface area (Å²) in [6, 6.07) is 7.01. The van der Waals surface area contributed by atoms with Gasteiger partial charge in [-0.15, -0.1) is 0 Å². The topological polar surface area (TPSA) is 89.1 Å². The maximum absolute atomic E-state index is 13.3. The van der Waals surface area contributed by atoms with Crippen LogP contribution in [0, 0.1) is 0 Å². The number of carbonyl (C=O) groups excluding carboxylic acids is 2. The number of benzene rings is 1. The molecule has 1 aromatic rings. The van der Waals surface area contributed by atoms with Gasteiger partial charge in [-0.1, -0.05) is 31.0 Å². The Kier molecular flexibility index (Phi) is 6.48. The van der Waals surface area contributed by atoms with E-state index in [1.165, 1.54) is 7.11 Å². The van der Waals surface area contributed by atoms with E-state index in [0.29, 0.717) is 24.4 Å². The molecule has 0 bridgehead atoms. The summed E-state index contributed by atoms with van der Waals surface area (Å²) in [4.78, 5) is 38.0. The number of fused-ring (bicyclic) bond motifs is 1. The third-order valence-corrected chi connectivity index (χ3v) is 6.57. The van der Waals surface area contributed by atoms with Crippen molar-refractivity contribution < 1.29 is 24.1 Å². The Labute approximate surface area is 182 Å². The number of para-hydroxylation sites is 1. The third-order valence-electron chi connectivity index (χ3n) is 6.57. The van der Waals surface area contributed by atoms with Crippen LogP contribution in [0.25, 0.3) is 0 Å². The molecule has 2 heterocycles. The fourth-order valence-electron chi connectivity index (χ4n) is 5.29. The van der Waals surface area contributed by atoms with Gasteiger partial charge in [0, 0.05) is 24.2 Å². The average Bonchev–Trinajstić information content (AvgIpc) is 2.98. The highest BCUT2D eigenvalue weighted by Gasteiger charge is 2.48. The minimum absolute atomic E-state index is 0.00966. The van der Waals surface area contributed by atoms with Crippen LogP contribution in [-0.4, -0.2) is 55.7 Å². The molecule has 1 fully saturated rings. The SMILES string of the molecule is COOCCC1NC(=O)C2=C1NC1CCCCC1N(C(C)=O)C2c1ccccc1OC. The van der Waals surface area contributed by atoms with Crippen LogP contribution in [0.2, 0.25) is 0 Å². The van der Waals surface area contributed by atoms with Crippen LogP contribution in [0.1, 0.15) is 50.6 Å². The summed E-state index contributed by atoms with van der Waals surface area (Å²) in [6.45, 7) is 1.94. The van der Waals surface area contributed by atoms with Crippen molar-refractivity contribution in [3.05, 3.63) is 41.1 Å². The monoisotopic (exact) mass is 429 g/mol. The normalized spacial score (nSPS) is 27.7. The Bertz CT molecular complexity index is 871. The molecule has 31 heavy (non-hydrogen) atoms. The van der Waals surface area contributed by atoms with E-state index in [2.05, 4.69) is 10.6 Å². The molecule has 4 rings (SSSR count). The third kappa shape index (κ3) is 4.02. The van der Waals surface area contributed by atoms with Crippen LogP contribution >= 0.6 is 0 Å². The standard InChI is InChI=1S/C23H31N3O5/c1-14(27)26-18-10-6-5-9-16(18)24-21-17(12-13-31-30-3)25-23(28)20(21)22(26)15-8-4-7-11-19(15)29-2/h4,7-8,11,16-18,22,24H,5-6,9-10,12-13H2,1-3H3,(H,25,28). The number of nitrogens with zero attached hydrogens (tertiary/aromatic N) is 1. The molecule has 1 saturated carbocycles. The fourth-order valence-corrected chi connectivity index (χ4v) is 5.29. The second-order valence-electron chi connectivity index (χ2n) is 8.30. The lowest BCUT2D eigenvalue weighted by Gasteiger charge is -2.42. The lowest BCUT2D eigenvalue weighted by Crippen LogP contribution is -2.53. The molecule has 4 atom stereocenters. The molecule has 2 amide bonds. The van der Waals surface area contributed by atoms with Crippen molar-refractivity contribution in [2.24, 2.45) is 0 Å². The van der Waals surface area contributed by atoms with Gasteiger partial charge in [-0.05, 0) is 25.3 Å². The Morgan fingerprint density at radius 3 is 2.68 bits per heavy atom. The molecule has 8 heteroatoms. The van der Waals surface area contributed by atoms with Crippen LogP contribution in [0.4, 0.5) is 0 Å². The summed E-state index contributed by atoms with van der Waals surface area (Å²) in [6.07, 6.45) is 4.59. The molecule has 0 aromatic heterocycles. The van der Waals surface area contributed by atoms with E-state index in [9.17, 15) is 9.59 Å². The molecule has 0 saturated heterocycles. The van der Waals surface area contributed by atoms with Crippen molar-refractivity contribution in [2.45, 2.75) is 63.2 Å². The Morgan fingerprint density at radius 2 is 1.94 bits per heavy atom. The molecule has 4 unspecified atom stereocenters. The minimum atomic E-state index is -0.516. The Morgan fingerprint density at radius 1 is 1.16 bits per heavy atom. The first-order chi connectivity index (χ1) is 15.1. The number of ether oxygens (including phenoxy) is 1. The van der Waals surface area contributed by atoms with Gasteiger partial charge < -0.3 is 20.3 Å². The molecule has 3 aliphatic rings. The maximum Gasteiger partial charge on any atom is 0.252 e. The molecular formula is C23H31N3O5. The smallest absolute Gasteiger partial charge is 0.252 e. The van der Waals surface area contributed by atoms with Gasteiger partial charge in [0.1, 0.15) is 5.75 Å². The van der Waals surface area contributed by atoms with E-state index in [4.69, 9.17) is 14.5 Å². The summed E-state index contributed by atoms with van der Waals surface area (Å²) >= 11 is 0. The first kappa shape index (κ1) is 21.6. The van der Waals surface area contributed by atoms with Crippen molar-refractivity contribution in [1.29, 1.82) is 0 Å². The summed E-state index contributed by atoms with van der Waals surface area (Å²) in [5, 5.41) is 6.76. The molecule has 1 aromatic carbocycles. The van der Waals surface area contributed by atoms with E-state index in [0.717, 1.165) is 36.9 Å². The summed E-state index contributed by atoms with van der Waals surface area (Å²) < 4.78 is 5.64. The van der Waals surface area contributed by atoms with Crippen LogP contribution in [0.15, 0.2) is 35.5 Å². The van der Waals surface area contributed by atoms with Gasteiger partial charge >= 0.3 is 0 Å². The van der Waals surface area contributed by atoms with E-state index in [1.807, 2.05) is 29.2 Å². The maximum atomic E-state index is 13.3. The highest BCUT2D eigenvalue weighted by Crippen LogP contribution is 2.44. The summed E-state index contributed by atoms with van der Waals surface area (Å²) in [5.74, 6) is 0.465. The number of methoxy groups -OCH3 is 1. The molecule has 8 nitrogen and oxygen atoms in total. The second kappa shape index (κ2) is 9.28. The Hall–Kier alpha value is -2.58. The van der Waals surface area contributed by atoms with Gasteiger partial charge in [0.2, 0.25) is 5.91 Å². The molecule has 1 aliphatic carbocycles. The lowest BCUT2D eigenvalue weighted by atomic mass is 9.87. The minimum Gasteiger partial charge on any atom is -0.496 e. The molecule has 2 N–H and O–H groups in total. The highest BCUT2D eigenvalue weighted by atomic mass is 17.2. The van der Waals surface area contributed by atoms with Gasteiger partial charge in [-0.2, -0.15) is 0 Å². The van der Waals surface area contributed by atoms with Crippen LogP contribution in [0.3, 0.4) is 0 Å². The zero-order valence-corrected chi connectivity index (χ0v) is 18.3. The van der Waals surface area contributed by atoms with Crippen molar-refractivity contribution in [3.63, 3.8) is 0 Å². The van der Waals surface area contributed by atoms with E-state index in [-0.39, 0.29) is 29.9 Å². The first-order valence-corrected chi connectivity index (χ1v) is 11.0. The van der Waals surface area contributed by atoms with E-state index >= 15 is 0 Å². The van der Waals surface area contributed by atoms with Crippen molar-refractivity contribution in [3.8, 4) is 5.75 Å². The number of amides is 2. The predicted molar refractivity (Wildman–Crippen MR) is 114 cm³/mol. The number of hydrogen-bond acceptors (Lipinski definition) is 6. The summed E-state index contributed by atoms with van der Waals surface area (Å²) in [7, 11) is 3.08. The van der Waals surface area contributed by atoms with E-state index in [1.54, 1.807) is 14.0 Å². The van der Waals surface area contributed by atoms with Crippen LogP contribution < -0.4 is 15.4 Å². The largest absolute Gasteiger partial charge is 0.496 e. The van der Waals surface area contributed by atoms with Crippen LogP contribution in [-0.2, 0) is 19.4 Å². The van der Waals surface area contributed by atoms with Gasteiger partial charge in [-0.3, -0.25) is 9.59 Å². The van der Waals surface area contributed by atoms with Gasteiger partial charge in [0.25, 0.3) is 5.91 Å². The lowest BCUT2D eigenvalue weighted by molar-refractivity contribution is -0.273. The molecule has 2 aliphatic heterocycles. The quantitative estimate of drug-likeness (QED) is 0.410. The molecule has 0 spiro atoms.